The summed E-state index contributed by atoms with van der Waals surface area (Å²) in [5.41, 5.74) is 1.13. The lowest BCUT2D eigenvalue weighted by molar-refractivity contribution is -0.276. The molecule has 0 spiro atoms. The van der Waals surface area contributed by atoms with Crippen LogP contribution in [-0.4, -0.2) is 11.3 Å². The first-order valence-corrected chi connectivity index (χ1v) is 4.34. The van der Waals surface area contributed by atoms with Gasteiger partial charge in [0.2, 0.25) is 5.88 Å². The monoisotopic (exact) mass is 276 g/mol. The number of ether oxygens (including phenoxy) is 1. The zero-order chi connectivity index (χ0) is 14.1. The Bertz CT molecular complexity index is 490. The van der Waals surface area contributed by atoms with Gasteiger partial charge in [0.1, 0.15) is 5.69 Å². The van der Waals surface area contributed by atoms with Gasteiger partial charge in [0.15, 0.2) is 5.43 Å². The number of nitrogens with one attached hydrogen (secondary N) is 1. The quantitative estimate of drug-likeness (QED) is 0.808. The summed E-state index contributed by atoms with van der Waals surface area (Å²) < 4.78 is 76.1. The molecule has 0 saturated heterocycles. The highest BCUT2D eigenvalue weighted by Crippen LogP contribution is 2.31. The fourth-order valence-corrected chi connectivity index (χ4v) is 1.19. The van der Waals surface area contributed by atoms with Crippen molar-refractivity contribution in [3.05, 3.63) is 27.5 Å². The first kappa shape index (κ1) is 14.4. The first-order valence-electron chi connectivity index (χ1n) is 4.34. The Balaban J connectivity index is 3.36. The Morgan fingerprint density at radius 3 is 2.17 bits per heavy atom. The van der Waals surface area contributed by atoms with Crippen LogP contribution in [0.2, 0.25) is 0 Å². The van der Waals surface area contributed by atoms with Crippen molar-refractivity contribution in [2.45, 2.75) is 19.1 Å². The number of alkyl halides is 6. The molecule has 18 heavy (non-hydrogen) atoms. The maximum atomic E-state index is 12.5. The molecule has 1 aromatic rings. The summed E-state index contributed by atoms with van der Waals surface area (Å²) in [7, 11) is 0. The normalized spacial score (nSPS) is 12.6. The molecular weight excluding hydrogens is 270 g/mol. The molecule has 4 nitrogen and oxygen atoms in total. The zero-order valence-electron chi connectivity index (χ0n) is 8.45. The lowest BCUT2D eigenvalue weighted by Gasteiger charge is -2.14. The number of hydrogen-bond acceptors (Lipinski definition) is 3. The van der Waals surface area contributed by atoms with Crippen LogP contribution in [0.5, 0.6) is 5.88 Å². The molecule has 0 aromatic carbocycles. The second kappa shape index (κ2) is 4.52. The van der Waals surface area contributed by atoms with Crippen molar-refractivity contribution in [1.82, 2.24) is 4.98 Å². The average molecular weight is 276 g/mol. The van der Waals surface area contributed by atoms with Crippen LogP contribution in [0, 0.1) is 0 Å². The second-order valence-electron chi connectivity index (χ2n) is 3.10. The summed E-state index contributed by atoms with van der Waals surface area (Å²) in [5, 5.41) is 0. The van der Waals surface area contributed by atoms with Crippen molar-refractivity contribution in [3.8, 4) is 5.88 Å². The Hall–Kier alpha value is -1.71. The molecule has 3 N–H and O–H groups in total. The Labute approximate surface area is 95.4 Å². The van der Waals surface area contributed by atoms with Gasteiger partial charge in [-0.15, -0.1) is 13.2 Å². The van der Waals surface area contributed by atoms with Crippen LogP contribution in [0.3, 0.4) is 0 Å². The minimum atomic E-state index is -5.21. The van der Waals surface area contributed by atoms with E-state index in [2.05, 4.69) is 4.74 Å². The van der Waals surface area contributed by atoms with E-state index >= 15 is 0 Å². The molecular formula is C8H6F6N2O2. The molecule has 102 valence electrons. The van der Waals surface area contributed by atoms with Crippen LogP contribution in [0.25, 0.3) is 0 Å². The highest BCUT2D eigenvalue weighted by Gasteiger charge is 2.37. The maximum absolute atomic E-state index is 12.5. The molecule has 1 heterocycles. The van der Waals surface area contributed by atoms with Crippen LogP contribution in [0.4, 0.5) is 26.3 Å². The van der Waals surface area contributed by atoms with Gasteiger partial charge in [-0.1, -0.05) is 0 Å². The van der Waals surface area contributed by atoms with Crippen molar-refractivity contribution >= 4 is 0 Å². The number of aromatic nitrogens is 1. The molecule has 0 bridgehead atoms. The van der Waals surface area contributed by atoms with E-state index < -0.39 is 41.6 Å². The summed E-state index contributed by atoms with van der Waals surface area (Å²) in [6.07, 6.45) is -10.3. The summed E-state index contributed by atoms with van der Waals surface area (Å²) in [5.74, 6) is -1.35. The first-order chi connectivity index (χ1) is 8.04. The number of nitrogens with two attached hydrogens (primary N) is 1. The molecule has 1 rings (SSSR count). The Morgan fingerprint density at radius 1 is 1.22 bits per heavy atom. The number of halogens is 6. The molecule has 0 atom stereocenters. The van der Waals surface area contributed by atoms with E-state index in [9.17, 15) is 31.1 Å². The lowest BCUT2D eigenvalue weighted by Crippen LogP contribution is -2.25. The van der Waals surface area contributed by atoms with Gasteiger partial charge in [0, 0.05) is 18.2 Å². The molecule has 0 amide bonds. The van der Waals surface area contributed by atoms with E-state index in [1.54, 1.807) is 0 Å². The third-order valence-electron chi connectivity index (χ3n) is 1.82. The van der Waals surface area contributed by atoms with Gasteiger partial charge < -0.3 is 15.5 Å². The van der Waals surface area contributed by atoms with Crippen molar-refractivity contribution in [3.63, 3.8) is 0 Å². The van der Waals surface area contributed by atoms with Crippen LogP contribution in [0.1, 0.15) is 11.3 Å². The Morgan fingerprint density at radius 2 is 1.78 bits per heavy atom. The van der Waals surface area contributed by atoms with E-state index in [0.29, 0.717) is 0 Å². The molecule has 0 aliphatic heterocycles. The predicted octanol–water partition coefficient (Wildman–Crippen LogP) is 1.75. The number of H-pyrrole nitrogens is 1. The summed E-state index contributed by atoms with van der Waals surface area (Å²) in [4.78, 5) is 12.5. The number of aromatic amines is 1. The minimum Gasteiger partial charge on any atom is -0.390 e. The molecule has 1 aromatic heterocycles. The van der Waals surface area contributed by atoms with E-state index in [1.807, 2.05) is 0 Å². The van der Waals surface area contributed by atoms with Crippen LogP contribution < -0.4 is 15.9 Å². The third kappa shape index (κ3) is 3.39. The zero-order valence-corrected chi connectivity index (χ0v) is 8.45. The standard InChI is InChI=1S/C8H6F6N2O2/c9-7(10,11)6-3(2-15)4(17)1-5(16-6)18-8(12,13)14/h1H,2,15H2,(H,16,17). The number of pyridine rings is 1. The predicted molar refractivity (Wildman–Crippen MR) is 46.6 cm³/mol. The highest BCUT2D eigenvalue weighted by atomic mass is 19.4. The summed E-state index contributed by atoms with van der Waals surface area (Å²) in [6, 6.07) is 0.255. The van der Waals surface area contributed by atoms with E-state index in [0.717, 1.165) is 0 Å². The summed E-state index contributed by atoms with van der Waals surface area (Å²) in [6.45, 7) is -0.767. The van der Waals surface area contributed by atoms with Gasteiger partial charge in [-0.2, -0.15) is 13.2 Å². The second-order valence-corrected chi connectivity index (χ2v) is 3.10. The topological polar surface area (TPSA) is 68.1 Å². The number of hydrogen-bond donors (Lipinski definition) is 2. The molecule has 10 heteroatoms. The Kier molecular flexibility index (Phi) is 3.60. The van der Waals surface area contributed by atoms with E-state index in [4.69, 9.17) is 5.73 Å². The highest BCUT2D eigenvalue weighted by molar-refractivity contribution is 5.28. The SMILES string of the molecule is NCc1c(C(F)(F)F)[nH]c(OC(F)(F)F)cc1=O. The number of rotatable bonds is 2. The van der Waals surface area contributed by atoms with Crippen molar-refractivity contribution < 1.29 is 31.1 Å². The molecule has 0 aliphatic rings. The van der Waals surface area contributed by atoms with E-state index in [1.165, 1.54) is 4.98 Å². The van der Waals surface area contributed by atoms with Crippen LogP contribution in [-0.2, 0) is 12.7 Å². The van der Waals surface area contributed by atoms with Gasteiger partial charge in [-0.05, 0) is 0 Å². The van der Waals surface area contributed by atoms with Crippen LogP contribution in [0.15, 0.2) is 10.9 Å². The third-order valence-corrected chi connectivity index (χ3v) is 1.82. The largest absolute Gasteiger partial charge is 0.574 e. The van der Waals surface area contributed by atoms with Crippen molar-refractivity contribution in [1.29, 1.82) is 0 Å². The molecule has 0 saturated carbocycles. The summed E-state index contributed by atoms with van der Waals surface area (Å²) >= 11 is 0. The van der Waals surface area contributed by atoms with Gasteiger partial charge in [0.05, 0.1) is 0 Å². The smallest absolute Gasteiger partial charge is 0.390 e. The van der Waals surface area contributed by atoms with Gasteiger partial charge in [-0.25, -0.2) is 0 Å². The van der Waals surface area contributed by atoms with Crippen molar-refractivity contribution in [2.75, 3.05) is 0 Å². The maximum Gasteiger partial charge on any atom is 0.574 e. The molecule has 0 fully saturated rings. The van der Waals surface area contributed by atoms with Gasteiger partial charge in [-0.3, -0.25) is 4.79 Å². The van der Waals surface area contributed by atoms with Crippen LogP contribution >= 0.6 is 0 Å². The fourth-order valence-electron chi connectivity index (χ4n) is 1.19. The minimum absolute atomic E-state index is 0.255. The average Bonchev–Trinajstić information content (AvgIpc) is 2.12. The fraction of sp³-hybridized carbons (Fsp3) is 0.375. The van der Waals surface area contributed by atoms with E-state index in [-0.39, 0.29) is 6.07 Å². The van der Waals surface area contributed by atoms with Crippen molar-refractivity contribution in [2.24, 2.45) is 5.73 Å². The molecule has 0 aliphatic carbocycles. The van der Waals surface area contributed by atoms with Gasteiger partial charge in [0.25, 0.3) is 0 Å². The van der Waals surface area contributed by atoms with Gasteiger partial charge >= 0.3 is 12.5 Å². The molecule has 0 radical (unpaired) electrons. The lowest BCUT2D eigenvalue weighted by atomic mass is 10.2. The molecule has 0 unspecified atom stereocenters.